The van der Waals surface area contributed by atoms with E-state index in [0.29, 0.717) is 12.1 Å². The molecule has 0 amide bonds. The molecule has 3 unspecified atom stereocenters. The van der Waals surface area contributed by atoms with Crippen molar-refractivity contribution >= 4 is 0 Å². The van der Waals surface area contributed by atoms with Crippen LogP contribution in [-0.4, -0.2) is 6.04 Å². The van der Waals surface area contributed by atoms with E-state index in [1.807, 2.05) is 0 Å². The van der Waals surface area contributed by atoms with Crippen molar-refractivity contribution in [1.29, 1.82) is 0 Å². The van der Waals surface area contributed by atoms with Crippen LogP contribution in [0.3, 0.4) is 0 Å². The Morgan fingerprint density at radius 3 is 2.47 bits per heavy atom. The van der Waals surface area contributed by atoms with Gasteiger partial charge in [-0.2, -0.15) is 0 Å². The van der Waals surface area contributed by atoms with Crippen LogP contribution in [0.5, 0.6) is 0 Å². The van der Waals surface area contributed by atoms with E-state index in [9.17, 15) is 0 Å². The summed E-state index contributed by atoms with van der Waals surface area (Å²) >= 11 is 0. The van der Waals surface area contributed by atoms with Crippen molar-refractivity contribution in [2.45, 2.75) is 57.5 Å². The van der Waals surface area contributed by atoms with Gasteiger partial charge in [-0.3, -0.25) is 0 Å². The second-order valence-electron chi connectivity index (χ2n) is 5.95. The summed E-state index contributed by atoms with van der Waals surface area (Å²) in [7, 11) is 0. The average Bonchev–Trinajstić information content (AvgIpc) is 3.17. The summed E-state index contributed by atoms with van der Waals surface area (Å²) in [4.78, 5) is 0. The Morgan fingerprint density at radius 1 is 1.06 bits per heavy atom. The molecule has 2 aliphatic carbocycles. The SMILES string of the molecule is CC1CCC(NC(C)C2CC2)c2ccccc21. The van der Waals surface area contributed by atoms with Crippen LogP contribution < -0.4 is 5.32 Å². The van der Waals surface area contributed by atoms with Crippen LogP contribution >= 0.6 is 0 Å². The fourth-order valence-electron chi connectivity index (χ4n) is 3.23. The number of rotatable bonds is 3. The van der Waals surface area contributed by atoms with E-state index in [1.165, 1.54) is 25.7 Å². The molecule has 1 aromatic rings. The number of hydrogen-bond acceptors (Lipinski definition) is 1. The largest absolute Gasteiger partial charge is 0.307 e. The molecule has 1 saturated carbocycles. The summed E-state index contributed by atoms with van der Waals surface area (Å²) in [5, 5.41) is 3.86. The molecule has 0 aliphatic heterocycles. The topological polar surface area (TPSA) is 12.0 Å². The summed E-state index contributed by atoms with van der Waals surface area (Å²) in [5.74, 6) is 1.68. The maximum Gasteiger partial charge on any atom is 0.0325 e. The smallest absolute Gasteiger partial charge is 0.0325 e. The van der Waals surface area contributed by atoms with E-state index in [4.69, 9.17) is 0 Å². The van der Waals surface area contributed by atoms with E-state index in [0.717, 1.165) is 11.8 Å². The molecular formula is C16H23N. The Labute approximate surface area is 105 Å². The molecular weight excluding hydrogens is 206 g/mol. The molecule has 0 spiro atoms. The van der Waals surface area contributed by atoms with E-state index in [1.54, 1.807) is 11.1 Å². The molecule has 17 heavy (non-hydrogen) atoms. The summed E-state index contributed by atoms with van der Waals surface area (Å²) in [6.45, 7) is 4.72. The molecule has 0 heterocycles. The third-order valence-corrected chi connectivity index (χ3v) is 4.58. The fraction of sp³-hybridized carbons (Fsp3) is 0.625. The predicted molar refractivity (Wildman–Crippen MR) is 72.2 cm³/mol. The van der Waals surface area contributed by atoms with E-state index >= 15 is 0 Å². The van der Waals surface area contributed by atoms with Crippen molar-refractivity contribution in [3.8, 4) is 0 Å². The third kappa shape index (κ3) is 2.26. The molecule has 1 nitrogen and oxygen atoms in total. The number of benzene rings is 1. The summed E-state index contributed by atoms with van der Waals surface area (Å²) in [6.07, 6.45) is 5.49. The maximum absolute atomic E-state index is 3.86. The van der Waals surface area contributed by atoms with Gasteiger partial charge in [-0.05, 0) is 55.6 Å². The first kappa shape index (κ1) is 11.3. The standard InChI is InChI=1S/C16H23N/c1-11-7-10-16(17-12(2)13-8-9-13)15-6-4-3-5-14(11)15/h3-6,11-13,16-17H,7-10H2,1-2H3. The molecule has 0 aromatic heterocycles. The van der Waals surface area contributed by atoms with Gasteiger partial charge in [0.25, 0.3) is 0 Å². The van der Waals surface area contributed by atoms with Crippen molar-refractivity contribution < 1.29 is 0 Å². The van der Waals surface area contributed by atoms with Gasteiger partial charge in [0.05, 0.1) is 0 Å². The van der Waals surface area contributed by atoms with E-state index in [-0.39, 0.29) is 0 Å². The fourth-order valence-corrected chi connectivity index (χ4v) is 3.23. The lowest BCUT2D eigenvalue weighted by Crippen LogP contribution is -2.34. The monoisotopic (exact) mass is 229 g/mol. The minimum absolute atomic E-state index is 0.595. The van der Waals surface area contributed by atoms with Gasteiger partial charge < -0.3 is 5.32 Å². The predicted octanol–water partition coefficient (Wildman–Crippen LogP) is 4.01. The second-order valence-corrected chi connectivity index (χ2v) is 5.95. The molecule has 1 heteroatoms. The van der Waals surface area contributed by atoms with Gasteiger partial charge in [0.2, 0.25) is 0 Å². The van der Waals surface area contributed by atoms with Gasteiger partial charge >= 0.3 is 0 Å². The number of hydrogen-bond donors (Lipinski definition) is 1. The quantitative estimate of drug-likeness (QED) is 0.825. The highest BCUT2D eigenvalue weighted by Gasteiger charge is 2.31. The van der Waals surface area contributed by atoms with Crippen molar-refractivity contribution in [2.75, 3.05) is 0 Å². The normalized spacial score (nSPS) is 29.8. The van der Waals surface area contributed by atoms with Crippen molar-refractivity contribution in [3.05, 3.63) is 35.4 Å². The van der Waals surface area contributed by atoms with E-state index < -0.39 is 0 Å². The van der Waals surface area contributed by atoms with Crippen LogP contribution in [-0.2, 0) is 0 Å². The molecule has 0 bridgehead atoms. The molecule has 3 atom stereocenters. The van der Waals surface area contributed by atoms with E-state index in [2.05, 4.69) is 43.4 Å². The van der Waals surface area contributed by atoms with Crippen LogP contribution in [0.25, 0.3) is 0 Å². The Balaban J connectivity index is 1.79. The molecule has 1 aromatic carbocycles. The van der Waals surface area contributed by atoms with Crippen LogP contribution in [0.4, 0.5) is 0 Å². The lowest BCUT2D eigenvalue weighted by atomic mass is 9.81. The first-order chi connectivity index (χ1) is 8.25. The zero-order valence-electron chi connectivity index (χ0n) is 10.9. The average molecular weight is 229 g/mol. The Hall–Kier alpha value is -0.820. The van der Waals surface area contributed by atoms with Crippen molar-refractivity contribution in [1.82, 2.24) is 5.32 Å². The van der Waals surface area contributed by atoms with Crippen molar-refractivity contribution in [2.24, 2.45) is 5.92 Å². The Morgan fingerprint density at radius 2 is 1.76 bits per heavy atom. The van der Waals surface area contributed by atoms with Gasteiger partial charge in [-0.15, -0.1) is 0 Å². The zero-order valence-corrected chi connectivity index (χ0v) is 10.9. The minimum Gasteiger partial charge on any atom is -0.307 e. The highest BCUT2D eigenvalue weighted by molar-refractivity contribution is 5.35. The van der Waals surface area contributed by atoms with Crippen LogP contribution in [0.1, 0.15) is 62.6 Å². The van der Waals surface area contributed by atoms with Gasteiger partial charge in [0.15, 0.2) is 0 Å². The Kier molecular flexibility index (Phi) is 2.96. The third-order valence-electron chi connectivity index (χ3n) is 4.58. The lowest BCUT2D eigenvalue weighted by molar-refractivity contribution is 0.371. The number of nitrogens with one attached hydrogen (secondary N) is 1. The van der Waals surface area contributed by atoms with Crippen LogP contribution in [0, 0.1) is 5.92 Å². The molecule has 1 N–H and O–H groups in total. The molecule has 1 fully saturated rings. The van der Waals surface area contributed by atoms with Gasteiger partial charge in [-0.1, -0.05) is 31.2 Å². The lowest BCUT2D eigenvalue weighted by Gasteiger charge is -2.32. The van der Waals surface area contributed by atoms with Crippen LogP contribution in [0.2, 0.25) is 0 Å². The minimum atomic E-state index is 0.595. The maximum atomic E-state index is 3.86. The zero-order chi connectivity index (χ0) is 11.8. The summed E-state index contributed by atoms with van der Waals surface area (Å²) < 4.78 is 0. The highest BCUT2D eigenvalue weighted by Crippen LogP contribution is 2.39. The van der Waals surface area contributed by atoms with Gasteiger partial charge in [-0.25, -0.2) is 0 Å². The Bertz CT molecular complexity index is 394. The van der Waals surface area contributed by atoms with Gasteiger partial charge in [0.1, 0.15) is 0 Å². The molecule has 0 radical (unpaired) electrons. The van der Waals surface area contributed by atoms with Crippen LogP contribution in [0.15, 0.2) is 24.3 Å². The first-order valence-corrected chi connectivity index (χ1v) is 7.10. The summed E-state index contributed by atoms with van der Waals surface area (Å²) in [5.41, 5.74) is 3.12. The number of fused-ring (bicyclic) bond motifs is 1. The summed E-state index contributed by atoms with van der Waals surface area (Å²) in [6, 6.07) is 10.3. The molecule has 0 saturated heterocycles. The molecule has 2 aliphatic rings. The molecule has 3 rings (SSSR count). The second kappa shape index (κ2) is 4.45. The highest BCUT2D eigenvalue weighted by atomic mass is 15.0. The van der Waals surface area contributed by atoms with Gasteiger partial charge in [0, 0.05) is 12.1 Å². The first-order valence-electron chi connectivity index (χ1n) is 7.10. The molecule has 92 valence electrons. The van der Waals surface area contributed by atoms with Crippen molar-refractivity contribution in [3.63, 3.8) is 0 Å².